The molecule has 3 rings (SSSR count). The first-order valence-corrected chi connectivity index (χ1v) is 8.98. The molecular formula is C20H25NO5. The monoisotopic (exact) mass is 359 g/mol. The zero-order chi connectivity index (χ0) is 18.7. The summed E-state index contributed by atoms with van der Waals surface area (Å²) in [6, 6.07) is 9.19. The van der Waals surface area contributed by atoms with Crippen molar-refractivity contribution in [1.29, 1.82) is 0 Å². The summed E-state index contributed by atoms with van der Waals surface area (Å²) in [5, 5.41) is 10.7. The number of esters is 2. The molecule has 0 spiro atoms. The van der Waals surface area contributed by atoms with E-state index in [1.165, 1.54) is 7.11 Å². The molecule has 1 fully saturated rings. The molecule has 1 N–H and O–H groups in total. The van der Waals surface area contributed by atoms with Gasteiger partial charge in [0.1, 0.15) is 6.04 Å². The number of rotatable bonds is 5. The Bertz CT molecular complexity index is 687. The second kappa shape index (κ2) is 8.01. The predicted octanol–water partition coefficient (Wildman–Crippen LogP) is 1.67. The Kier molecular flexibility index (Phi) is 5.74. The molecule has 1 heterocycles. The maximum atomic E-state index is 12.5. The van der Waals surface area contributed by atoms with E-state index in [9.17, 15) is 14.7 Å². The third kappa shape index (κ3) is 3.66. The van der Waals surface area contributed by atoms with E-state index in [-0.39, 0.29) is 24.3 Å². The van der Waals surface area contributed by atoms with Crippen molar-refractivity contribution in [3.05, 3.63) is 47.5 Å². The predicted molar refractivity (Wildman–Crippen MR) is 95.0 cm³/mol. The Hall–Kier alpha value is -2.18. The lowest BCUT2D eigenvalue weighted by atomic mass is 9.84. The number of carbonyl (C=O) groups is 2. The van der Waals surface area contributed by atoms with E-state index in [4.69, 9.17) is 9.47 Å². The maximum Gasteiger partial charge on any atom is 0.333 e. The lowest BCUT2D eigenvalue weighted by Gasteiger charge is -2.36. The van der Waals surface area contributed by atoms with Crippen molar-refractivity contribution >= 4 is 11.9 Å². The normalized spacial score (nSPS) is 28.2. The number of nitrogens with zero attached hydrogens (tertiary/aromatic N) is 1. The van der Waals surface area contributed by atoms with Crippen LogP contribution in [0.25, 0.3) is 0 Å². The molecule has 1 saturated heterocycles. The van der Waals surface area contributed by atoms with Crippen LogP contribution in [0.1, 0.15) is 25.3 Å². The largest absolute Gasteiger partial charge is 0.466 e. The highest BCUT2D eigenvalue weighted by molar-refractivity contribution is 5.89. The van der Waals surface area contributed by atoms with E-state index >= 15 is 0 Å². The zero-order valence-corrected chi connectivity index (χ0v) is 15.1. The van der Waals surface area contributed by atoms with Gasteiger partial charge in [-0.05, 0) is 24.8 Å². The van der Waals surface area contributed by atoms with Gasteiger partial charge in [-0.3, -0.25) is 9.69 Å². The quantitative estimate of drug-likeness (QED) is 0.806. The molecule has 0 unspecified atom stereocenters. The lowest BCUT2D eigenvalue weighted by molar-refractivity contribution is -0.149. The SMILES string of the molecule is CCOC(=O)[C@@H]1C[C@H]2C=C(C(=O)OC)C[C@@H](O)[C@H]2N1Cc1ccccc1. The van der Waals surface area contributed by atoms with Crippen molar-refractivity contribution in [2.24, 2.45) is 5.92 Å². The molecule has 2 aliphatic rings. The Labute approximate surface area is 153 Å². The second-order valence-corrected chi connectivity index (χ2v) is 6.77. The minimum absolute atomic E-state index is 0.0917. The van der Waals surface area contributed by atoms with Crippen molar-refractivity contribution in [3.8, 4) is 0 Å². The van der Waals surface area contributed by atoms with Gasteiger partial charge >= 0.3 is 11.9 Å². The van der Waals surface area contributed by atoms with Crippen molar-refractivity contribution in [1.82, 2.24) is 4.90 Å². The summed E-state index contributed by atoms with van der Waals surface area (Å²) in [4.78, 5) is 26.4. The third-order valence-corrected chi connectivity index (χ3v) is 5.17. The number of hydrogen-bond acceptors (Lipinski definition) is 6. The maximum absolute atomic E-state index is 12.5. The lowest BCUT2D eigenvalue weighted by Crippen LogP contribution is -2.48. The van der Waals surface area contributed by atoms with Gasteiger partial charge in [0.05, 0.1) is 19.8 Å². The number of benzene rings is 1. The molecule has 6 heteroatoms. The standard InChI is InChI=1S/C20H25NO5/c1-3-26-20(24)16-10-14-9-15(19(23)25-2)11-17(22)18(14)21(16)12-13-7-5-4-6-8-13/h4-9,14,16-18,22H,3,10-12H2,1-2H3/t14-,16+,17-,18+/m1/s1. The van der Waals surface area contributed by atoms with E-state index in [1.807, 2.05) is 41.3 Å². The van der Waals surface area contributed by atoms with Crippen molar-refractivity contribution in [2.75, 3.05) is 13.7 Å². The first kappa shape index (κ1) is 18.6. The van der Waals surface area contributed by atoms with Gasteiger partial charge in [0, 0.05) is 24.6 Å². The van der Waals surface area contributed by atoms with Crippen LogP contribution in [0.15, 0.2) is 42.0 Å². The van der Waals surface area contributed by atoms with Crippen LogP contribution >= 0.6 is 0 Å². The van der Waals surface area contributed by atoms with E-state index < -0.39 is 18.1 Å². The molecule has 4 atom stereocenters. The van der Waals surface area contributed by atoms with Crippen LogP contribution in [-0.4, -0.2) is 53.8 Å². The average Bonchev–Trinajstić information content (AvgIpc) is 3.01. The first-order chi connectivity index (χ1) is 12.5. The number of ether oxygens (including phenoxy) is 2. The highest BCUT2D eigenvalue weighted by Gasteiger charge is 2.49. The Morgan fingerprint density at radius 1 is 1.27 bits per heavy atom. The molecular weight excluding hydrogens is 334 g/mol. The first-order valence-electron chi connectivity index (χ1n) is 8.98. The van der Waals surface area contributed by atoms with Gasteiger partial charge in [0.25, 0.3) is 0 Å². The number of methoxy groups -OCH3 is 1. The Morgan fingerprint density at radius 3 is 2.65 bits per heavy atom. The summed E-state index contributed by atoms with van der Waals surface area (Å²) >= 11 is 0. The summed E-state index contributed by atoms with van der Waals surface area (Å²) in [6.07, 6.45) is 1.88. The molecule has 1 aromatic rings. The molecule has 26 heavy (non-hydrogen) atoms. The topological polar surface area (TPSA) is 76.1 Å². The average molecular weight is 359 g/mol. The molecule has 140 valence electrons. The van der Waals surface area contributed by atoms with Crippen LogP contribution in [0.4, 0.5) is 0 Å². The number of aliphatic hydroxyl groups is 1. The van der Waals surface area contributed by atoms with Gasteiger partial charge in [0.15, 0.2) is 0 Å². The van der Waals surface area contributed by atoms with Crippen LogP contribution in [0.2, 0.25) is 0 Å². The highest BCUT2D eigenvalue weighted by atomic mass is 16.5. The number of hydrogen-bond donors (Lipinski definition) is 1. The van der Waals surface area contributed by atoms with E-state index in [0.717, 1.165) is 5.56 Å². The van der Waals surface area contributed by atoms with Crippen molar-refractivity contribution in [3.63, 3.8) is 0 Å². The summed E-state index contributed by atoms with van der Waals surface area (Å²) in [7, 11) is 1.33. The number of aliphatic hydroxyl groups excluding tert-OH is 1. The van der Waals surface area contributed by atoms with E-state index in [1.54, 1.807) is 6.92 Å². The van der Waals surface area contributed by atoms with Gasteiger partial charge in [-0.15, -0.1) is 0 Å². The summed E-state index contributed by atoms with van der Waals surface area (Å²) < 4.78 is 10.1. The highest BCUT2D eigenvalue weighted by Crippen LogP contribution is 2.40. The zero-order valence-electron chi connectivity index (χ0n) is 15.1. The second-order valence-electron chi connectivity index (χ2n) is 6.77. The van der Waals surface area contributed by atoms with Crippen molar-refractivity contribution in [2.45, 2.75) is 44.5 Å². The Balaban J connectivity index is 1.90. The molecule has 0 saturated carbocycles. The molecule has 0 amide bonds. The number of carbonyl (C=O) groups excluding carboxylic acids is 2. The van der Waals surface area contributed by atoms with Crippen LogP contribution in [-0.2, 0) is 25.6 Å². The van der Waals surface area contributed by atoms with Crippen molar-refractivity contribution < 1.29 is 24.2 Å². The number of fused-ring (bicyclic) bond motifs is 1. The molecule has 0 aromatic heterocycles. The molecule has 1 aliphatic heterocycles. The van der Waals surface area contributed by atoms with Crippen LogP contribution in [0.3, 0.4) is 0 Å². The summed E-state index contributed by atoms with van der Waals surface area (Å²) in [5.41, 5.74) is 1.54. The molecule has 1 aliphatic carbocycles. The Morgan fingerprint density at radius 2 is 2.00 bits per heavy atom. The minimum atomic E-state index is -0.734. The van der Waals surface area contributed by atoms with Gasteiger partial charge < -0.3 is 14.6 Å². The molecule has 6 nitrogen and oxygen atoms in total. The molecule has 0 radical (unpaired) electrons. The summed E-state index contributed by atoms with van der Waals surface area (Å²) in [5.74, 6) is -0.791. The van der Waals surface area contributed by atoms with Gasteiger partial charge in [-0.1, -0.05) is 36.4 Å². The van der Waals surface area contributed by atoms with Crippen LogP contribution in [0, 0.1) is 5.92 Å². The van der Waals surface area contributed by atoms with Gasteiger partial charge in [-0.25, -0.2) is 4.79 Å². The summed E-state index contributed by atoms with van der Waals surface area (Å²) in [6.45, 7) is 2.64. The van der Waals surface area contributed by atoms with E-state index in [2.05, 4.69) is 0 Å². The van der Waals surface area contributed by atoms with E-state index in [0.29, 0.717) is 25.1 Å². The van der Waals surface area contributed by atoms with Gasteiger partial charge in [-0.2, -0.15) is 0 Å². The van der Waals surface area contributed by atoms with Gasteiger partial charge in [0.2, 0.25) is 0 Å². The fraction of sp³-hybridized carbons (Fsp3) is 0.500. The smallest absolute Gasteiger partial charge is 0.333 e. The van der Waals surface area contributed by atoms with Crippen LogP contribution in [0.5, 0.6) is 0 Å². The fourth-order valence-corrected chi connectivity index (χ4v) is 4.09. The number of likely N-dealkylation sites (tertiary alicyclic amines) is 1. The van der Waals surface area contributed by atoms with Crippen LogP contribution < -0.4 is 0 Å². The minimum Gasteiger partial charge on any atom is -0.466 e. The molecule has 0 bridgehead atoms. The molecule has 1 aromatic carbocycles. The fourth-order valence-electron chi connectivity index (χ4n) is 4.09. The third-order valence-electron chi connectivity index (χ3n) is 5.17.